The van der Waals surface area contributed by atoms with Crippen molar-refractivity contribution >= 4 is 32.9 Å². The summed E-state index contributed by atoms with van der Waals surface area (Å²) >= 11 is 1.63. The summed E-state index contributed by atoms with van der Waals surface area (Å²) < 4.78 is 5.98. The van der Waals surface area contributed by atoms with Gasteiger partial charge in [-0.1, -0.05) is 0 Å². The van der Waals surface area contributed by atoms with E-state index >= 15 is 0 Å². The first kappa shape index (κ1) is 14.0. The maximum absolute atomic E-state index is 9.56. The van der Waals surface area contributed by atoms with Crippen LogP contribution < -0.4 is 11.1 Å². The van der Waals surface area contributed by atoms with E-state index in [4.69, 9.17) is 10.5 Å². The number of fused-ring (bicyclic) bond motifs is 1. The molecule has 19 heavy (non-hydrogen) atoms. The van der Waals surface area contributed by atoms with Crippen LogP contribution in [-0.2, 0) is 4.74 Å². The molecule has 2 aromatic rings. The van der Waals surface area contributed by atoms with Crippen molar-refractivity contribution in [1.29, 1.82) is 0 Å². The highest BCUT2D eigenvalue weighted by molar-refractivity contribution is 7.18. The Labute approximate surface area is 116 Å². The first-order valence-electron chi connectivity index (χ1n) is 6.17. The largest absolute Gasteiger partial charge is 0.397 e. The fraction of sp³-hybridized carbons (Fsp3) is 0.462. The van der Waals surface area contributed by atoms with Gasteiger partial charge in [0.1, 0.15) is 0 Å². The van der Waals surface area contributed by atoms with Crippen LogP contribution >= 0.6 is 11.3 Å². The first-order valence-corrected chi connectivity index (χ1v) is 6.99. The zero-order chi connectivity index (χ0) is 13.8. The lowest BCUT2D eigenvalue weighted by Crippen LogP contribution is -2.18. The number of aromatic nitrogens is 1. The minimum absolute atomic E-state index is 0.349. The fourth-order valence-electron chi connectivity index (χ4n) is 1.91. The molecule has 0 radical (unpaired) electrons. The first-order chi connectivity index (χ1) is 9.10. The number of methoxy groups -OCH3 is 1. The molecule has 1 heterocycles. The number of thiazole rings is 1. The lowest BCUT2D eigenvalue weighted by Gasteiger charge is -2.12. The molecule has 1 aromatic carbocycles. The Morgan fingerprint density at radius 1 is 1.53 bits per heavy atom. The summed E-state index contributed by atoms with van der Waals surface area (Å²) in [6.07, 6.45) is 0.158. The van der Waals surface area contributed by atoms with E-state index in [9.17, 15) is 5.11 Å². The quantitative estimate of drug-likeness (QED) is 0.706. The molecule has 104 valence electrons. The number of hydrogen-bond acceptors (Lipinski definition) is 6. The predicted octanol–water partition coefficient (Wildman–Crippen LogP) is 2.00. The van der Waals surface area contributed by atoms with Gasteiger partial charge < -0.3 is 20.9 Å². The van der Waals surface area contributed by atoms with E-state index in [1.54, 1.807) is 18.4 Å². The van der Waals surface area contributed by atoms with Crippen molar-refractivity contribution < 1.29 is 9.84 Å². The molecule has 6 heteroatoms. The third kappa shape index (κ3) is 3.56. The van der Waals surface area contributed by atoms with Crippen molar-refractivity contribution in [1.82, 2.24) is 4.98 Å². The van der Waals surface area contributed by atoms with Crippen molar-refractivity contribution in [2.75, 3.05) is 31.3 Å². The van der Waals surface area contributed by atoms with Crippen molar-refractivity contribution in [3.63, 3.8) is 0 Å². The molecule has 0 aliphatic carbocycles. The van der Waals surface area contributed by atoms with Crippen molar-refractivity contribution in [3.8, 4) is 0 Å². The van der Waals surface area contributed by atoms with Crippen LogP contribution in [0.2, 0.25) is 0 Å². The Morgan fingerprint density at radius 2 is 2.32 bits per heavy atom. The van der Waals surface area contributed by atoms with Crippen LogP contribution in [0, 0.1) is 6.92 Å². The summed E-state index contributed by atoms with van der Waals surface area (Å²) in [5.74, 6) is 0. The minimum Gasteiger partial charge on any atom is -0.397 e. The SMILES string of the molecule is COCC(O)CCNc1cc2nc(C)sc2cc1N. The van der Waals surface area contributed by atoms with E-state index in [1.807, 2.05) is 19.1 Å². The van der Waals surface area contributed by atoms with Gasteiger partial charge in [0.15, 0.2) is 0 Å². The van der Waals surface area contributed by atoms with Crippen LogP contribution in [0.15, 0.2) is 12.1 Å². The maximum atomic E-state index is 9.56. The number of nitrogens with one attached hydrogen (secondary N) is 1. The zero-order valence-corrected chi connectivity index (χ0v) is 12.0. The number of nitrogens with zero attached hydrogens (tertiary/aromatic N) is 1. The van der Waals surface area contributed by atoms with Crippen LogP contribution in [0.1, 0.15) is 11.4 Å². The molecule has 0 aliphatic rings. The minimum atomic E-state index is -0.455. The van der Waals surface area contributed by atoms with Crippen LogP contribution in [0.4, 0.5) is 11.4 Å². The zero-order valence-electron chi connectivity index (χ0n) is 11.1. The van der Waals surface area contributed by atoms with E-state index < -0.39 is 6.10 Å². The van der Waals surface area contributed by atoms with E-state index in [-0.39, 0.29) is 0 Å². The Morgan fingerprint density at radius 3 is 3.05 bits per heavy atom. The fourth-order valence-corrected chi connectivity index (χ4v) is 2.76. The Kier molecular flexibility index (Phi) is 4.57. The topological polar surface area (TPSA) is 80.4 Å². The molecule has 1 atom stereocenters. The van der Waals surface area contributed by atoms with E-state index in [0.717, 1.165) is 20.9 Å². The summed E-state index contributed by atoms with van der Waals surface area (Å²) in [5.41, 5.74) is 8.53. The van der Waals surface area contributed by atoms with Gasteiger partial charge >= 0.3 is 0 Å². The molecule has 4 N–H and O–H groups in total. The van der Waals surface area contributed by atoms with Crippen molar-refractivity contribution in [2.24, 2.45) is 0 Å². The van der Waals surface area contributed by atoms with E-state index in [1.165, 1.54) is 0 Å². The Bertz CT molecular complexity index is 556. The van der Waals surface area contributed by atoms with Crippen LogP contribution in [-0.4, -0.2) is 36.5 Å². The van der Waals surface area contributed by atoms with Crippen LogP contribution in [0.5, 0.6) is 0 Å². The number of rotatable bonds is 6. The number of anilines is 2. The van der Waals surface area contributed by atoms with Gasteiger partial charge in [0.2, 0.25) is 0 Å². The van der Waals surface area contributed by atoms with E-state index in [0.29, 0.717) is 25.3 Å². The van der Waals surface area contributed by atoms with Gasteiger partial charge in [0.25, 0.3) is 0 Å². The lowest BCUT2D eigenvalue weighted by atomic mass is 10.2. The van der Waals surface area contributed by atoms with Gasteiger partial charge in [0.05, 0.1) is 39.3 Å². The monoisotopic (exact) mass is 281 g/mol. The summed E-state index contributed by atoms with van der Waals surface area (Å²) in [4.78, 5) is 4.44. The number of aliphatic hydroxyl groups is 1. The average Bonchev–Trinajstić information content (AvgIpc) is 2.69. The highest BCUT2D eigenvalue weighted by atomic mass is 32.1. The van der Waals surface area contributed by atoms with Gasteiger partial charge in [-0.25, -0.2) is 4.98 Å². The standard InChI is InChI=1S/C13H19N3O2S/c1-8-16-12-6-11(10(14)5-13(12)19-8)15-4-3-9(17)7-18-2/h5-6,9,15,17H,3-4,7,14H2,1-2H3. The third-order valence-corrected chi connectivity index (χ3v) is 3.75. The summed E-state index contributed by atoms with van der Waals surface area (Å²) in [5, 5.41) is 13.8. The second kappa shape index (κ2) is 6.18. The molecule has 0 fully saturated rings. The molecular weight excluding hydrogens is 262 g/mol. The highest BCUT2D eigenvalue weighted by Crippen LogP contribution is 2.29. The second-order valence-corrected chi connectivity index (χ2v) is 5.70. The number of hydrogen-bond donors (Lipinski definition) is 3. The number of aryl methyl sites for hydroxylation is 1. The van der Waals surface area contributed by atoms with Gasteiger partial charge in [0, 0.05) is 13.7 Å². The summed E-state index contributed by atoms with van der Waals surface area (Å²) in [7, 11) is 1.58. The van der Waals surface area contributed by atoms with Gasteiger partial charge in [-0.2, -0.15) is 0 Å². The molecule has 1 unspecified atom stereocenters. The molecule has 0 aliphatic heterocycles. The van der Waals surface area contributed by atoms with Crippen LogP contribution in [0.3, 0.4) is 0 Å². The Balaban J connectivity index is 2.01. The van der Waals surface area contributed by atoms with Gasteiger partial charge in [-0.15, -0.1) is 11.3 Å². The summed E-state index contributed by atoms with van der Waals surface area (Å²) in [6, 6.07) is 3.89. The molecule has 0 bridgehead atoms. The maximum Gasteiger partial charge on any atom is 0.0907 e. The van der Waals surface area contributed by atoms with Crippen molar-refractivity contribution in [2.45, 2.75) is 19.4 Å². The highest BCUT2D eigenvalue weighted by Gasteiger charge is 2.07. The number of aliphatic hydroxyl groups excluding tert-OH is 1. The molecule has 0 amide bonds. The molecular formula is C13H19N3O2S. The average molecular weight is 281 g/mol. The molecule has 0 spiro atoms. The lowest BCUT2D eigenvalue weighted by molar-refractivity contribution is 0.0615. The smallest absolute Gasteiger partial charge is 0.0907 e. The molecule has 0 saturated carbocycles. The number of benzene rings is 1. The number of nitrogens with two attached hydrogens (primary N) is 1. The summed E-state index contributed by atoms with van der Waals surface area (Å²) in [6.45, 7) is 2.97. The molecule has 0 saturated heterocycles. The molecule has 1 aromatic heterocycles. The Hall–Kier alpha value is -1.37. The molecule has 2 rings (SSSR count). The molecule has 5 nitrogen and oxygen atoms in total. The van der Waals surface area contributed by atoms with Gasteiger partial charge in [-0.3, -0.25) is 0 Å². The number of nitrogen functional groups attached to an aromatic ring is 1. The third-order valence-electron chi connectivity index (χ3n) is 2.82. The second-order valence-electron chi connectivity index (χ2n) is 4.46. The predicted molar refractivity (Wildman–Crippen MR) is 79.8 cm³/mol. The van der Waals surface area contributed by atoms with Crippen molar-refractivity contribution in [3.05, 3.63) is 17.1 Å². The van der Waals surface area contributed by atoms with E-state index in [2.05, 4.69) is 10.3 Å². The normalized spacial score (nSPS) is 12.8. The van der Waals surface area contributed by atoms with Crippen LogP contribution in [0.25, 0.3) is 10.2 Å². The van der Waals surface area contributed by atoms with Gasteiger partial charge in [-0.05, 0) is 25.5 Å². The number of ether oxygens (including phenoxy) is 1.